The zero-order valence-corrected chi connectivity index (χ0v) is 15.0. The first-order valence-electron chi connectivity index (χ1n) is 7.67. The molecule has 0 aromatic carbocycles. The van der Waals surface area contributed by atoms with Gasteiger partial charge in [0.05, 0.1) is 5.69 Å². The molecular formula is C16H24BrN3O2. The maximum atomic E-state index is 12.2. The van der Waals surface area contributed by atoms with E-state index in [1.54, 1.807) is 0 Å². The highest BCUT2D eigenvalue weighted by molar-refractivity contribution is 9.10. The molecule has 22 heavy (non-hydrogen) atoms. The number of ether oxygens (including phenoxy) is 1. The number of amides is 1. The molecule has 2 rings (SSSR count). The number of halogens is 1. The Hall–Kier alpha value is -1.14. The van der Waals surface area contributed by atoms with Crippen LogP contribution in [0.4, 0.5) is 4.79 Å². The fourth-order valence-corrected chi connectivity index (χ4v) is 2.47. The van der Waals surface area contributed by atoms with Gasteiger partial charge in [-0.05, 0) is 61.7 Å². The standard InChI is InChI=1S/C16H24BrN3O2/c1-16(2,3)22-15(21)20(13-7-8-13)10-9-18-11-12-5-4-6-14(17)19-12/h4-6,13,18H,7-11H2,1-3H3. The van der Waals surface area contributed by atoms with Crippen molar-refractivity contribution in [2.75, 3.05) is 13.1 Å². The van der Waals surface area contributed by atoms with Crippen LogP contribution in [-0.2, 0) is 11.3 Å². The number of carbonyl (C=O) groups excluding carboxylic acids is 1. The van der Waals surface area contributed by atoms with Gasteiger partial charge in [0.1, 0.15) is 10.2 Å². The molecule has 0 bridgehead atoms. The first kappa shape index (κ1) is 17.2. The summed E-state index contributed by atoms with van der Waals surface area (Å²) in [5.74, 6) is 0. The van der Waals surface area contributed by atoms with Crippen LogP contribution in [0.15, 0.2) is 22.8 Å². The van der Waals surface area contributed by atoms with Gasteiger partial charge in [-0.25, -0.2) is 9.78 Å². The van der Waals surface area contributed by atoms with Gasteiger partial charge in [0.15, 0.2) is 0 Å². The van der Waals surface area contributed by atoms with E-state index in [9.17, 15) is 4.79 Å². The summed E-state index contributed by atoms with van der Waals surface area (Å²) in [4.78, 5) is 18.4. The predicted octanol–water partition coefficient (Wildman–Crippen LogP) is 3.33. The Labute approximate surface area is 140 Å². The van der Waals surface area contributed by atoms with Crippen molar-refractivity contribution in [2.24, 2.45) is 0 Å². The van der Waals surface area contributed by atoms with Gasteiger partial charge in [0.25, 0.3) is 0 Å². The second-order valence-corrected chi connectivity index (χ2v) is 7.35. The van der Waals surface area contributed by atoms with Crippen LogP contribution in [0.5, 0.6) is 0 Å². The Morgan fingerprint density at radius 2 is 2.18 bits per heavy atom. The van der Waals surface area contributed by atoms with Gasteiger partial charge in [0.2, 0.25) is 0 Å². The van der Waals surface area contributed by atoms with Crippen molar-refractivity contribution in [3.05, 3.63) is 28.5 Å². The molecule has 6 heteroatoms. The lowest BCUT2D eigenvalue weighted by atomic mass is 10.2. The predicted molar refractivity (Wildman–Crippen MR) is 89.6 cm³/mol. The molecule has 0 atom stereocenters. The molecule has 1 saturated carbocycles. The summed E-state index contributed by atoms with van der Waals surface area (Å²) in [6, 6.07) is 6.19. The van der Waals surface area contributed by atoms with E-state index in [1.165, 1.54) is 0 Å². The molecule has 1 heterocycles. The van der Waals surface area contributed by atoms with Gasteiger partial charge in [-0.15, -0.1) is 0 Å². The minimum absolute atomic E-state index is 0.211. The molecular weight excluding hydrogens is 346 g/mol. The van der Waals surface area contributed by atoms with Crippen molar-refractivity contribution in [1.29, 1.82) is 0 Å². The van der Waals surface area contributed by atoms with E-state index in [4.69, 9.17) is 4.74 Å². The summed E-state index contributed by atoms with van der Waals surface area (Å²) in [6.45, 7) is 7.76. The largest absolute Gasteiger partial charge is 0.444 e. The van der Waals surface area contributed by atoms with Crippen LogP contribution in [0.2, 0.25) is 0 Å². The number of nitrogens with one attached hydrogen (secondary N) is 1. The zero-order valence-electron chi connectivity index (χ0n) is 13.4. The van der Waals surface area contributed by atoms with Gasteiger partial charge >= 0.3 is 6.09 Å². The Kier molecular flexibility index (Phi) is 5.81. The van der Waals surface area contributed by atoms with Crippen LogP contribution in [0.1, 0.15) is 39.3 Å². The van der Waals surface area contributed by atoms with Crippen LogP contribution in [0.3, 0.4) is 0 Å². The van der Waals surface area contributed by atoms with Gasteiger partial charge in [0, 0.05) is 25.7 Å². The van der Waals surface area contributed by atoms with E-state index in [0.29, 0.717) is 19.1 Å². The van der Waals surface area contributed by atoms with E-state index in [1.807, 2.05) is 43.9 Å². The van der Waals surface area contributed by atoms with Gasteiger partial charge in [-0.3, -0.25) is 0 Å². The molecule has 0 radical (unpaired) electrons. The molecule has 1 aromatic heterocycles. The van der Waals surface area contributed by atoms with Gasteiger partial charge in [-0.2, -0.15) is 0 Å². The van der Waals surface area contributed by atoms with E-state index in [2.05, 4.69) is 26.2 Å². The number of aromatic nitrogens is 1. The minimum atomic E-state index is -0.447. The maximum absolute atomic E-state index is 12.2. The van der Waals surface area contributed by atoms with Crippen LogP contribution in [0.25, 0.3) is 0 Å². The summed E-state index contributed by atoms with van der Waals surface area (Å²) in [7, 11) is 0. The van der Waals surface area contributed by atoms with E-state index < -0.39 is 5.60 Å². The summed E-state index contributed by atoms with van der Waals surface area (Å²) < 4.78 is 6.31. The Bertz CT molecular complexity index is 512. The third kappa shape index (κ3) is 5.93. The molecule has 0 saturated heterocycles. The van der Waals surface area contributed by atoms with E-state index in [0.717, 1.165) is 29.7 Å². The molecule has 5 nitrogen and oxygen atoms in total. The highest BCUT2D eigenvalue weighted by Crippen LogP contribution is 2.28. The molecule has 1 aliphatic rings. The molecule has 1 amide bonds. The Morgan fingerprint density at radius 1 is 1.45 bits per heavy atom. The molecule has 1 fully saturated rings. The van der Waals surface area contributed by atoms with Crippen LogP contribution in [0, 0.1) is 0 Å². The molecule has 1 N–H and O–H groups in total. The van der Waals surface area contributed by atoms with Crippen LogP contribution in [-0.4, -0.2) is 40.7 Å². The van der Waals surface area contributed by atoms with Crippen LogP contribution < -0.4 is 5.32 Å². The first-order valence-corrected chi connectivity index (χ1v) is 8.46. The molecule has 122 valence electrons. The molecule has 0 aliphatic heterocycles. The molecule has 1 aromatic rings. The Morgan fingerprint density at radius 3 is 2.77 bits per heavy atom. The smallest absolute Gasteiger partial charge is 0.410 e. The minimum Gasteiger partial charge on any atom is -0.444 e. The van der Waals surface area contributed by atoms with Crippen molar-refractivity contribution in [1.82, 2.24) is 15.2 Å². The number of nitrogens with zero attached hydrogens (tertiary/aromatic N) is 2. The number of rotatable bonds is 6. The molecule has 0 unspecified atom stereocenters. The van der Waals surface area contributed by atoms with E-state index >= 15 is 0 Å². The third-order valence-electron chi connectivity index (χ3n) is 3.22. The third-order valence-corrected chi connectivity index (χ3v) is 3.67. The van der Waals surface area contributed by atoms with E-state index in [-0.39, 0.29) is 6.09 Å². The highest BCUT2D eigenvalue weighted by Gasteiger charge is 2.34. The van der Waals surface area contributed by atoms with Crippen molar-refractivity contribution < 1.29 is 9.53 Å². The van der Waals surface area contributed by atoms with Gasteiger partial charge < -0.3 is 15.0 Å². The summed E-state index contributed by atoms with van der Waals surface area (Å²) in [6.07, 6.45) is 1.94. The average molecular weight is 370 g/mol. The summed E-state index contributed by atoms with van der Waals surface area (Å²) >= 11 is 3.36. The normalized spacial score (nSPS) is 14.7. The monoisotopic (exact) mass is 369 g/mol. The van der Waals surface area contributed by atoms with Crippen LogP contribution >= 0.6 is 15.9 Å². The number of hydrogen-bond acceptors (Lipinski definition) is 4. The Balaban J connectivity index is 1.76. The molecule has 0 spiro atoms. The van der Waals surface area contributed by atoms with Crippen molar-refractivity contribution in [3.8, 4) is 0 Å². The lowest BCUT2D eigenvalue weighted by Crippen LogP contribution is -2.41. The van der Waals surface area contributed by atoms with Gasteiger partial charge in [-0.1, -0.05) is 6.07 Å². The quantitative estimate of drug-likeness (QED) is 0.617. The maximum Gasteiger partial charge on any atom is 0.410 e. The zero-order chi connectivity index (χ0) is 16.2. The number of hydrogen-bond donors (Lipinski definition) is 1. The highest BCUT2D eigenvalue weighted by atomic mass is 79.9. The van der Waals surface area contributed by atoms with Crippen molar-refractivity contribution in [2.45, 2.75) is 51.8 Å². The number of carbonyl (C=O) groups is 1. The van der Waals surface area contributed by atoms with Crippen molar-refractivity contribution in [3.63, 3.8) is 0 Å². The number of pyridine rings is 1. The van der Waals surface area contributed by atoms with Crippen molar-refractivity contribution >= 4 is 22.0 Å². The lowest BCUT2D eigenvalue weighted by molar-refractivity contribution is 0.0236. The fourth-order valence-electron chi connectivity index (χ4n) is 2.09. The second kappa shape index (κ2) is 7.42. The first-order chi connectivity index (χ1) is 10.3. The summed E-state index contributed by atoms with van der Waals surface area (Å²) in [5.41, 5.74) is 0.530. The lowest BCUT2D eigenvalue weighted by Gasteiger charge is -2.27. The fraction of sp³-hybridized carbons (Fsp3) is 0.625. The average Bonchev–Trinajstić information content (AvgIpc) is 3.21. The molecule has 1 aliphatic carbocycles. The topological polar surface area (TPSA) is 54.5 Å². The second-order valence-electron chi connectivity index (χ2n) is 6.53. The summed E-state index contributed by atoms with van der Waals surface area (Å²) in [5, 5.41) is 3.33. The SMILES string of the molecule is CC(C)(C)OC(=O)N(CCNCc1cccc(Br)n1)C1CC1.